The largest absolute Gasteiger partial charge is 0.383 e. The number of methoxy groups -OCH3 is 1. The molecule has 10 heteroatoms. The molecule has 0 fully saturated rings. The summed E-state index contributed by atoms with van der Waals surface area (Å²) < 4.78 is 35.0. The second-order valence-electron chi connectivity index (χ2n) is 6.49. The van der Waals surface area contributed by atoms with Crippen LogP contribution in [0.1, 0.15) is 17.3 Å². The van der Waals surface area contributed by atoms with Crippen molar-refractivity contribution in [3.63, 3.8) is 0 Å². The van der Waals surface area contributed by atoms with E-state index < -0.39 is 23.1 Å². The van der Waals surface area contributed by atoms with Gasteiger partial charge in [-0.25, -0.2) is 8.78 Å². The molecule has 3 aromatic rings. The van der Waals surface area contributed by atoms with E-state index in [0.29, 0.717) is 11.8 Å². The summed E-state index contributed by atoms with van der Waals surface area (Å²) in [7, 11) is 3.14. The molecule has 0 saturated carbocycles. The lowest BCUT2D eigenvalue weighted by atomic mass is 10.1. The van der Waals surface area contributed by atoms with Crippen molar-refractivity contribution in [1.29, 1.82) is 0 Å². The van der Waals surface area contributed by atoms with Crippen LogP contribution in [0.3, 0.4) is 0 Å². The monoisotopic (exact) mass is 403 g/mol. The highest BCUT2D eigenvalue weighted by Crippen LogP contribution is 2.22. The van der Waals surface area contributed by atoms with E-state index >= 15 is 0 Å². The molecule has 152 valence electrons. The molecule has 1 atom stereocenters. The van der Waals surface area contributed by atoms with Crippen LogP contribution in [-0.4, -0.2) is 45.2 Å². The van der Waals surface area contributed by atoms with Crippen LogP contribution in [0.2, 0.25) is 0 Å². The summed E-state index contributed by atoms with van der Waals surface area (Å²) in [6.45, 7) is 1.95. The lowest BCUT2D eigenvalue weighted by Crippen LogP contribution is -2.39. The molecule has 0 unspecified atom stereocenters. The molecule has 2 aromatic heterocycles. The molecular weight excluding hydrogens is 384 g/mol. The number of hydrogen-bond donors (Lipinski definition) is 1. The second kappa shape index (κ2) is 8.31. The van der Waals surface area contributed by atoms with Gasteiger partial charge in [0.25, 0.3) is 11.5 Å². The molecule has 0 bridgehead atoms. The molecule has 0 radical (unpaired) electrons. The first-order valence-corrected chi connectivity index (χ1v) is 8.68. The zero-order valence-electron chi connectivity index (χ0n) is 16.0. The molecule has 1 N–H and O–H groups in total. The topological polar surface area (TPSA) is 91.0 Å². The van der Waals surface area contributed by atoms with Gasteiger partial charge in [0.05, 0.1) is 24.7 Å². The summed E-state index contributed by atoms with van der Waals surface area (Å²) in [6.07, 6.45) is 2.91. The Kier molecular flexibility index (Phi) is 5.83. The number of amides is 1. The molecule has 29 heavy (non-hydrogen) atoms. The molecule has 8 nitrogen and oxygen atoms in total. The Balaban J connectivity index is 2.17. The Morgan fingerprint density at radius 2 is 2.07 bits per heavy atom. The number of benzene rings is 1. The highest BCUT2D eigenvalue weighted by atomic mass is 19.1. The fourth-order valence-electron chi connectivity index (χ4n) is 2.77. The third-order valence-corrected chi connectivity index (χ3v) is 4.09. The summed E-state index contributed by atoms with van der Waals surface area (Å²) in [5.74, 6) is -2.28. The maximum atomic E-state index is 14.3. The van der Waals surface area contributed by atoms with Gasteiger partial charge in [0.1, 0.15) is 22.9 Å². The van der Waals surface area contributed by atoms with Gasteiger partial charge >= 0.3 is 0 Å². The van der Waals surface area contributed by atoms with Gasteiger partial charge < -0.3 is 10.1 Å². The van der Waals surface area contributed by atoms with Crippen molar-refractivity contribution in [3.8, 4) is 16.9 Å². The number of nitrogens with one attached hydrogen (secondary N) is 1. The number of carbonyl (C=O) groups excluding carboxylic acids is 1. The molecule has 0 saturated heterocycles. The first-order valence-electron chi connectivity index (χ1n) is 8.68. The number of rotatable bonds is 6. The van der Waals surface area contributed by atoms with E-state index in [9.17, 15) is 18.4 Å². The predicted octanol–water partition coefficient (Wildman–Crippen LogP) is 1.68. The third kappa shape index (κ3) is 4.37. The lowest BCUT2D eigenvalue weighted by molar-refractivity contribution is 0.0903. The van der Waals surface area contributed by atoms with Gasteiger partial charge in [0.15, 0.2) is 0 Å². The van der Waals surface area contributed by atoms with E-state index in [2.05, 4.69) is 15.5 Å². The van der Waals surface area contributed by atoms with Gasteiger partial charge in [-0.2, -0.15) is 14.9 Å². The SMILES string of the molecule is COC[C@H](C)NC(=O)c1cc(-c2ccc(F)cc2F)nn(-c2cnn(C)c2)c1=O. The predicted molar refractivity (Wildman–Crippen MR) is 101 cm³/mol. The molecule has 1 aromatic carbocycles. The van der Waals surface area contributed by atoms with Crippen molar-refractivity contribution in [1.82, 2.24) is 24.9 Å². The van der Waals surface area contributed by atoms with Gasteiger partial charge in [-0.3, -0.25) is 14.3 Å². The minimum absolute atomic E-state index is 0.00417. The summed E-state index contributed by atoms with van der Waals surface area (Å²) in [5.41, 5.74) is -0.712. The van der Waals surface area contributed by atoms with Gasteiger partial charge in [-0.05, 0) is 25.1 Å². The van der Waals surface area contributed by atoms with E-state index in [-0.39, 0.29) is 29.5 Å². The Hall–Kier alpha value is -3.40. The maximum Gasteiger partial charge on any atom is 0.284 e. The van der Waals surface area contributed by atoms with Crippen molar-refractivity contribution in [2.45, 2.75) is 13.0 Å². The summed E-state index contributed by atoms with van der Waals surface area (Å²) >= 11 is 0. The van der Waals surface area contributed by atoms with Gasteiger partial charge in [0.2, 0.25) is 0 Å². The molecule has 1 amide bonds. The highest BCUT2D eigenvalue weighted by molar-refractivity contribution is 5.95. The summed E-state index contributed by atoms with van der Waals surface area (Å²) in [5, 5.41) is 10.8. The molecule has 3 rings (SSSR count). The Labute approximate surface area is 164 Å². The standard InChI is InChI=1S/C19H19F2N5O3/c1-11(10-29-3)23-18(27)15-7-17(14-5-4-12(20)6-16(14)21)24-26(19(15)28)13-8-22-25(2)9-13/h4-9,11H,10H2,1-3H3,(H,23,27)/t11-/m0/s1. The third-order valence-electron chi connectivity index (χ3n) is 4.09. The molecule has 2 heterocycles. The maximum absolute atomic E-state index is 14.3. The van der Waals surface area contributed by atoms with Crippen LogP contribution in [0.15, 0.2) is 41.5 Å². The normalized spacial score (nSPS) is 12.0. The first kappa shape index (κ1) is 20.3. The smallest absolute Gasteiger partial charge is 0.284 e. The fourth-order valence-corrected chi connectivity index (χ4v) is 2.77. The molecule has 0 aliphatic carbocycles. The average Bonchev–Trinajstić information content (AvgIpc) is 3.08. The van der Waals surface area contributed by atoms with Crippen LogP contribution in [-0.2, 0) is 11.8 Å². The first-order chi connectivity index (χ1) is 13.8. The summed E-state index contributed by atoms with van der Waals surface area (Å²) in [4.78, 5) is 25.6. The van der Waals surface area contributed by atoms with Gasteiger partial charge in [-0.15, -0.1) is 0 Å². The van der Waals surface area contributed by atoms with Gasteiger partial charge in [-0.1, -0.05) is 0 Å². The van der Waals surface area contributed by atoms with Crippen molar-refractivity contribution >= 4 is 5.91 Å². The zero-order chi connectivity index (χ0) is 21.1. The van der Waals surface area contributed by atoms with E-state index in [1.54, 1.807) is 14.0 Å². The van der Waals surface area contributed by atoms with Crippen LogP contribution in [0.4, 0.5) is 8.78 Å². The molecule has 0 spiro atoms. The number of ether oxygens (including phenoxy) is 1. The minimum atomic E-state index is -0.868. The summed E-state index contributed by atoms with van der Waals surface area (Å²) in [6, 6.07) is 3.79. The highest BCUT2D eigenvalue weighted by Gasteiger charge is 2.20. The number of carbonyl (C=O) groups is 1. The number of hydrogen-bond acceptors (Lipinski definition) is 5. The van der Waals surface area contributed by atoms with Crippen LogP contribution >= 0.6 is 0 Å². The molecule has 0 aliphatic rings. The average molecular weight is 403 g/mol. The number of halogens is 2. The van der Waals surface area contributed by atoms with E-state index in [4.69, 9.17) is 4.74 Å². The molecular formula is C19H19F2N5O3. The van der Waals surface area contributed by atoms with Crippen LogP contribution in [0.5, 0.6) is 0 Å². The Morgan fingerprint density at radius 1 is 1.31 bits per heavy atom. The minimum Gasteiger partial charge on any atom is -0.383 e. The number of aryl methyl sites for hydroxylation is 1. The van der Waals surface area contributed by atoms with E-state index in [1.807, 2.05) is 0 Å². The van der Waals surface area contributed by atoms with Crippen LogP contribution < -0.4 is 10.9 Å². The van der Waals surface area contributed by atoms with Crippen molar-refractivity contribution in [3.05, 3.63) is 64.2 Å². The van der Waals surface area contributed by atoms with Crippen LogP contribution in [0.25, 0.3) is 16.9 Å². The van der Waals surface area contributed by atoms with Crippen LogP contribution in [0, 0.1) is 11.6 Å². The van der Waals surface area contributed by atoms with Gasteiger partial charge in [0, 0.05) is 31.8 Å². The number of aromatic nitrogens is 4. The molecule has 0 aliphatic heterocycles. The fraction of sp³-hybridized carbons (Fsp3) is 0.263. The van der Waals surface area contributed by atoms with Crippen molar-refractivity contribution in [2.75, 3.05) is 13.7 Å². The number of nitrogens with zero attached hydrogens (tertiary/aromatic N) is 4. The second-order valence-corrected chi connectivity index (χ2v) is 6.49. The Morgan fingerprint density at radius 3 is 2.69 bits per heavy atom. The van der Waals surface area contributed by atoms with E-state index in [0.717, 1.165) is 10.7 Å². The van der Waals surface area contributed by atoms with E-state index in [1.165, 1.54) is 36.3 Å². The Bertz CT molecular complexity index is 1110. The quantitative estimate of drug-likeness (QED) is 0.676. The zero-order valence-corrected chi connectivity index (χ0v) is 16.0. The van der Waals surface area contributed by atoms with Crippen molar-refractivity contribution in [2.24, 2.45) is 7.05 Å². The lowest BCUT2D eigenvalue weighted by Gasteiger charge is -2.14. The van der Waals surface area contributed by atoms with Crippen molar-refractivity contribution < 1.29 is 18.3 Å².